The second-order valence-electron chi connectivity index (χ2n) is 3.50. The van der Waals surface area contributed by atoms with Crippen LogP contribution in [0, 0.1) is 0 Å². The molecule has 94 valence electrons. The van der Waals surface area contributed by atoms with Crippen LogP contribution in [0.5, 0.6) is 0 Å². The highest BCUT2D eigenvalue weighted by Crippen LogP contribution is 2.25. The van der Waals surface area contributed by atoms with Crippen molar-refractivity contribution in [3.63, 3.8) is 0 Å². The van der Waals surface area contributed by atoms with Crippen LogP contribution in [-0.4, -0.2) is 32.0 Å². The van der Waals surface area contributed by atoms with E-state index in [4.69, 9.17) is 0 Å². The lowest BCUT2D eigenvalue weighted by Crippen LogP contribution is -2.46. The molecule has 0 spiro atoms. The van der Waals surface area contributed by atoms with E-state index in [9.17, 15) is 13.2 Å². The Labute approximate surface area is 103 Å². The molecule has 16 heavy (non-hydrogen) atoms. The first kappa shape index (κ1) is 13.7. The lowest BCUT2D eigenvalue weighted by Gasteiger charge is -2.16. The van der Waals surface area contributed by atoms with Crippen LogP contribution in [-0.2, 0) is 14.9 Å². The summed E-state index contributed by atoms with van der Waals surface area (Å²) in [5.74, 6) is 0. The second kappa shape index (κ2) is 5.83. The quantitative estimate of drug-likeness (QED) is 0.754. The van der Waals surface area contributed by atoms with E-state index in [1.807, 2.05) is 0 Å². The summed E-state index contributed by atoms with van der Waals surface area (Å²) >= 11 is 3.38. The molecule has 1 fully saturated rings. The Bertz CT molecular complexity index is 346. The van der Waals surface area contributed by atoms with E-state index in [2.05, 4.69) is 25.4 Å². The van der Waals surface area contributed by atoms with Crippen LogP contribution in [0.1, 0.15) is 26.2 Å². The molecule has 0 aromatic rings. The molecule has 1 aliphatic carbocycles. The number of rotatable bonds is 4. The molecule has 8 heteroatoms. The Kier molecular flexibility index (Phi) is 5.00. The van der Waals surface area contributed by atoms with Gasteiger partial charge < -0.3 is 4.74 Å². The predicted octanol–water partition coefficient (Wildman–Crippen LogP) is 0.883. The van der Waals surface area contributed by atoms with Crippen molar-refractivity contribution in [2.45, 2.75) is 37.1 Å². The molecular weight excluding hydrogens is 300 g/mol. The first-order valence-electron chi connectivity index (χ1n) is 5.05. The largest absolute Gasteiger partial charge is 0.449 e. The average Bonchev–Trinajstić information content (AvgIpc) is 2.50. The number of amides is 1. The third kappa shape index (κ3) is 4.26. The molecule has 0 aromatic heterocycles. The Morgan fingerprint density at radius 2 is 2.19 bits per heavy atom. The third-order valence-corrected chi connectivity index (χ3v) is 4.38. The van der Waals surface area contributed by atoms with Gasteiger partial charge in [-0.15, -0.1) is 0 Å². The highest BCUT2D eigenvalue weighted by molar-refractivity contribution is 9.09. The highest BCUT2D eigenvalue weighted by Gasteiger charge is 2.29. The van der Waals surface area contributed by atoms with E-state index in [-0.39, 0.29) is 17.5 Å². The number of hydrogen-bond acceptors (Lipinski definition) is 4. The molecule has 1 rings (SSSR count). The van der Waals surface area contributed by atoms with Gasteiger partial charge >= 0.3 is 16.3 Å². The normalized spacial score (nSPS) is 25.4. The molecule has 1 aliphatic rings. The second-order valence-corrected chi connectivity index (χ2v) is 6.12. The summed E-state index contributed by atoms with van der Waals surface area (Å²) < 4.78 is 31.6. The fourth-order valence-electron chi connectivity index (χ4n) is 1.55. The van der Waals surface area contributed by atoms with E-state index in [0.29, 0.717) is 0 Å². The minimum Gasteiger partial charge on any atom is -0.449 e. The van der Waals surface area contributed by atoms with Crippen molar-refractivity contribution in [3.05, 3.63) is 0 Å². The minimum absolute atomic E-state index is 0.117. The first-order valence-corrected chi connectivity index (χ1v) is 7.45. The molecule has 0 aliphatic heterocycles. The standard InChI is InChI=1S/C8H15BrN2O4S/c1-2-15-8(12)11-16(13,14)10-7-5-3-4-6(7)9/h6-7,10H,2-5H2,1H3,(H,11,12). The summed E-state index contributed by atoms with van der Waals surface area (Å²) in [5, 5.41) is 0. The Hall–Kier alpha value is -0.340. The van der Waals surface area contributed by atoms with E-state index in [0.717, 1.165) is 19.3 Å². The van der Waals surface area contributed by atoms with Crippen LogP contribution < -0.4 is 9.44 Å². The Balaban J connectivity index is 2.48. The number of ether oxygens (including phenoxy) is 1. The van der Waals surface area contributed by atoms with Crippen LogP contribution in [0.2, 0.25) is 0 Å². The summed E-state index contributed by atoms with van der Waals surface area (Å²) in [5.41, 5.74) is 0. The van der Waals surface area contributed by atoms with Crippen LogP contribution in [0.3, 0.4) is 0 Å². The molecule has 6 nitrogen and oxygen atoms in total. The van der Waals surface area contributed by atoms with Crippen molar-refractivity contribution in [2.24, 2.45) is 0 Å². The zero-order valence-corrected chi connectivity index (χ0v) is 11.3. The van der Waals surface area contributed by atoms with Gasteiger partial charge in [0.2, 0.25) is 0 Å². The van der Waals surface area contributed by atoms with Gasteiger partial charge in [-0.1, -0.05) is 22.4 Å². The smallest absolute Gasteiger partial charge is 0.421 e. The topological polar surface area (TPSA) is 84.5 Å². The monoisotopic (exact) mass is 314 g/mol. The van der Waals surface area contributed by atoms with Gasteiger partial charge in [-0.2, -0.15) is 13.1 Å². The SMILES string of the molecule is CCOC(=O)NS(=O)(=O)NC1CCCC1Br. The number of hydrogen-bond donors (Lipinski definition) is 2. The molecule has 2 unspecified atom stereocenters. The van der Waals surface area contributed by atoms with Crippen LogP contribution in [0.15, 0.2) is 0 Å². The maximum absolute atomic E-state index is 11.5. The van der Waals surface area contributed by atoms with Crippen molar-refractivity contribution in [1.29, 1.82) is 0 Å². The summed E-state index contributed by atoms with van der Waals surface area (Å²) in [4.78, 5) is 11.1. The molecule has 2 atom stereocenters. The summed E-state index contributed by atoms with van der Waals surface area (Å²) in [6.07, 6.45) is 1.69. The van der Waals surface area contributed by atoms with Crippen LogP contribution >= 0.6 is 15.9 Å². The Morgan fingerprint density at radius 1 is 1.50 bits per heavy atom. The molecule has 1 amide bonds. The maximum Gasteiger partial charge on any atom is 0.421 e. The zero-order valence-electron chi connectivity index (χ0n) is 8.90. The van der Waals surface area contributed by atoms with Crippen molar-refractivity contribution in [3.8, 4) is 0 Å². The number of carbonyl (C=O) groups is 1. The molecule has 0 saturated heterocycles. The molecule has 1 saturated carbocycles. The van der Waals surface area contributed by atoms with Gasteiger partial charge in [0.15, 0.2) is 0 Å². The van der Waals surface area contributed by atoms with Crippen molar-refractivity contribution < 1.29 is 17.9 Å². The molecular formula is C8H15BrN2O4S. The lowest BCUT2D eigenvalue weighted by molar-refractivity contribution is 0.158. The number of halogens is 1. The van der Waals surface area contributed by atoms with E-state index in [1.54, 1.807) is 11.6 Å². The Morgan fingerprint density at radius 3 is 2.69 bits per heavy atom. The number of alkyl halides is 1. The highest BCUT2D eigenvalue weighted by atomic mass is 79.9. The molecule has 0 aromatic carbocycles. The first-order chi connectivity index (χ1) is 7.44. The summed E-state index contributed by atoms with van der Waals surface area (Å²) in [6, 6.07) is -0.174. The summed E-state index contributed by atoms with van der Waals surface area (Å²) in [7, 11) is -3.82. The number of nitrogens with one attached hydrogen (secondary N) is 2. The predicted molar refractivity (Wildman–Crippen MR) is 62.6 cm³/mol. The van der Waals surface area contributed by atoms with Gasteiger partial charge in [0.1, 0.15) is 0 Å². The average molecular weight is 315 g/mol. The van der Waals surface area contributed by atoms with Crippen LogP contribution in [0.4, 0.5) is 4.79 Å². The fourth-order valence-corrected chi connectivity index (χ4v) is 3.46. The van der Waals surface area contributed by atoms with Crippen molar-refractivity contribution in [2.75, 3.05) is 6.61 Å². The fraction of sp³-hybridized carbons (Fsp3) is 0.875. The zero-order chi connectivity index (χ0) is 12.2. The van der Waals surface area contributed by atoms with Gasteiger partial charge in [0, 0.05) is 10.9 Å². The van der Waals surface area contributed by atoms with Gasteiger partial charge in [-0.05, 0) is 19.8 Å². The molecule has 0 bridgehead atoms. The third-order valence-electron chi connectivity index (χ3n) is 2.23. The molecule has 0 heterocycles. The molecule has 2 N–H and O–H groups in total. The molecule has 0 radical (unpaired) electrons. The van der Waals surface area contributed by atoms with E-state index >= 15 is 0 Å². The summed E-state index contributed by atoms with van der Waals surface area (Å²) in [6.45, 7) is 1.73. The van der Waals surface area contributed by atoms with Gasteiger partial charge in [-0.3, -0.25) is 0 Å². The van der Waals surface area contributed by atoms with E-state index < -0.39 is 16.3 Å². The number of carbonyl (C=O) groups excluding carboxylic acids is 1. The van der Waals surface area contributed by atoms with Crippen molar-refractivity contribution >= 4 is 32.2 Å². The lowest BCUT2D eigenvalue weighted by atomic mass is 10.3. The van der Waals surface area contributed by atoms with Crippen molar-refractivity contribution in [1.82, 2.24) is 9.44 Å². The maximum atomic E-state index is 11.5. The van der Waals surface area contributed by atoms with Gasteiger partial charge in [0.25, 0.3) is 0 Å². The minimum atomic E-state index is -3.82. The van der Waals surface area contributed by atoms with Crippen LogP contribution in [0.25, 0.3) is 0 Å². The van der Waals surface area contributed by atoms with E-state index in [1.165, 1.54) is 0 Å². The van der Waals surface area contributed by atoms with Gasteiger partial charge in [0.05, 0.1) is 6.61 Å². The van der Waals surface area contributed by atoms with Gasteiger partial charge in [-0.25, -0.2) is 9.52 Å².